The number of rotatable bonds is 4. The van der Waals surface area contributed by atoms with Crippen molar-refractivity contribution in [2.24, 2.45) is 0 Å². The summed E-state index contributed by atoms with van der Waals surface area (Å²) < 4.78 is 12.4. The standard InChI is InChI=1S/C27H30N6O5/c1-27(2,3)38-26(36)32-12-9-16(10-13-32)20-15-21(34)30-24-23-18(6-5-7-19(23)31-33(20)24)29-25(35)17-8-11-28-22(14-17)37-4/h5-8,11,14-16H,9-10,12-13H2,1-4H3,(H,29,35)(H,30,34). The van der Waals surface area contributed by atoms with Crippen molar-refractivity contribution in [3.63, 3.8) is 0 Å². The first-order valence-electron chi connectivity index (χ1n) is 12.5. The Labute approximate surface area is 218 Å². The van der Waals surface area contributed by atoms with Crippen molar-refractivity contribution >= 4 is 34.2 Å². The van der Waals surface area contributed by atoms with Crippen molar-refractivity contribution in [1.82, 2.24) is 24.5 Å². The molecule has 0 spiro atoms. The molecule has 3 aromatic heterocycles. The molecule has 0 saturated carbocycles. The highest BCUT2D eigenvalue weighted by Crippen LogP contribution is 2.32. The number of anilines is 1. The number of piperidine rings is 1. The van der Waals surface area contributed by atoms with Gasteiger partial charge in [0.2, 0.25) is 5.88 Å². The van der Waals surface area contributed by atoms with E-state index in [1.807, 2.05) is 26.8 Å². The highest BCUT2D eigenvalue weighted by molar-refractivity contribution is 6.12. The highest BCUT2D eigenvalue weighted by atomic mass is 16.6. The summed E-state index contributed by atoms with van der Waals surface area (Å²) in [4.78, 5) is 46.9. The first kappa shape index (κ1) is 25.2. The molecule has 11 nitrogen and oxygen atoms in total. The third-order valence-electron chi connectivity index (χ3n) is 6.48. The predicted octanol–water partition coefficient (Wildman–Crippen LogP) is 3.95. The van der Waals surface area contributed by atoms with E-state index in [1.165, 1.54) is 13.3 Å². The Bertz CT molecular complexity index is 1580. The van der Waals surface area contributed by atoms with E-state index in [-0.39, 0.29) is 23.5 Å². The monoisotopic (exact) mass is 518 g/mol. The number of aromatic nitrogens is 4. The van der Waals surface area contributed by atoms with E-state index < -0.39 is 5.60 Å². The Morgan fingerprint density at radius 1 is 1.13 bits per heavy atom. The molecule has 1 aliphatic heterocycles. The lowest BCUT2D eigenvalue weighted by Gasteiger charge is -2.33. The summed E-state index contributed by atoms with van der Waals surface area (Å²) in [6.07, 6.45) is 2.51. The van der Waals surface area contributed by atoms with Crippen molar-refractivity contribution in [2.75, 3.05) is 25.5 Å². The number of fused-ring (bicyclic) bond motifs is 3. The quantitative estimate of drug-likeness (QED) is 0.418. The molecule has 4 heterocycles. The van der Waals surface area contributed by atoms with Crippen LogP contribution in [0.2, 0.25) is 0 Å². The molecule has 0 atom stereocenters. The molecule has 1 saturated heterocycles. The number of H-pyrrole nitrogens is 1. The molecule has 2 N–H and O–H groups in total. The summed E-state index contributed by atoms with van der Waals surface area (Å²) in [6.45, 7) is 6.57. The number of benzene rings is 1. The Morgan fingerprint density at radius 3 is 2.61 bits per heavy atom. The van der Waals surface area contributed by atoms with Crippen LogP contribution in [0.1, 0.15) is 55.6 Å². The first-order chi connectivity index (χ1) is 18.1. The van der Waals surface area contributed by atoms with Crippen LogP contribution >= 0.6 is 0 Å². The molecule has 2 amide bonds. The molecular weight excluding hydrogens is 488 g/mol. The lowest BCUT2D eigenvalue weighted by Crippen LogP contribution is -2.41. The molecule has 0 radical (unpaired) electrons. The fraction of sp³-hybridized carbons (Fsp3) is 0.370. The fourth-order valence-electron chi connectivity index (χ4n) is 4.72. The van der Waals surface area contributed by atoms with Gasteiger partial charge in [-0.3, -0.25) is 9.59 Å². The van der Waals surface area contributed by atoms with E-state index in [0.717, 1.165) is 5.69 Å². The molecule has 198 valence electrons. The molecule has 1 aromatic carbocycles. The van der Waals surface area contributed by atoms with Crippen LogP contribution in [0.3, 0.4) is 0 Å². The van der Waals surface area contributed by atoms with E-state index in [0.29, 0.717) is 59.6 Å². The van der Waals surface area contributed by atoms with Crippen molar-refractivity contribution in [3.8, 4) is 5.88 Å². The second-order valence-corrected chi connectivity index (χ2v) is 10.3. The van der Waals surface area contributed by atoms with E-state index in [9.17, 15) is 14.4 Å². The second kappa shape index (κ2) is 9.81. The lowest BCUT2D eigenvalue weighted by molar-refractivity contribution is 0.0203. The van der Waals surface area contributed by atoms with Crippen LogP contribution in [-0.4, -0.2) is 62.3 Å². The minimum atomic E-state index is -0.557. The number of nitrogens with zero attached hydrogens (tertiary/aromatic N) is 4. The van der Waals surface area contributed by atoms with Crippen LogP contribution in [-0.2, 0) is 4.74 Å². The molecule has 1 aliphatic rings. The SMILES string of the molecule is COc1cc(C(=O)Nc2cccc3nn4c(C5CCN(C(=O)OC(C)(C)C)CC5)cc(=O)[nH]c4c23)ccn1. The Morgan fingerprint density at radius 2 is 1.89 bits per heavy atom. The lowest BCUT2D eigenvalue weighted by atomic mass is 9.93. The first-order valence-corrected chi connectivity index (χ1v) is 12.5. The van der Waals surface area contributed by atoms with Gasteiger partial charge in [0.25, 0.3) is 11.5 Å². The molecule has 11 heteroatoms. The maximum atomic E-state index is 13.0. The number of carbonyl (C=O) groups is 2. The van der Waals surface area contributed by atoms with Crippen LogP contribution in [0.5, 0.6) is 5.88 Å². The maximum absolute atomic E-state index is 13.0. The molecule has 1 fully saturated rings. The van der Waals surface area contributed by atoms with Crippen LogP contribution < -0.4 is 15.6 Å². The Hall–Kier alpha value is -4.41. The van der Waals surface area contributed by atoms with Gasteiger partial charge in [0, 0.05) is 42.9 Å². The summed E-state index contributed by atoms with van der Waals surface area (Å²) in [5.41, 5.74) is 1.98. The number of hydrogen-bond donors (Lipinski definition) is 2. The minimum absolute atomic E-state index is 0.0233. The van der Waals surface area contributed by atoms with Crippen LogP contribution in [0.25, 0.3) is 16.6 Å². The summed E-state index contributed by atoms with van der Waals surface area (Å²) in [6, 6.07) is 10.1. The number of ether oxygens (including phenoxy) is 2. The number of likely N-dealkylation sites (tertiary alicyclic amines) is 1. The zero-order valence-electron chi connectivity index (χ0n) is 21.8. The molecule has 0 unspecified atom stereocenters. The Balaban J connectivity index is 1.46. The number of hydrogen-bond acceptors (Lipinski definition) is 7. The second-order valence-electron chi connectivity index (χ2n) is 10.3. The van der Waals surface area contributed by atoms with E-state index >= 15 is 0 Å². The number of amides is 2. The van der Waals surface area contributed by atoms with Gasteiger partial charge < -0.3 is 24.7 Å². The molecule has 38 heavy (non-hydrogen) atoms. The Kier molecular flexibility index (Phi) is 6.52. The average molecular weight is 519 g/mol. The van der Waals surface area contributed by atoms with Gasteiger partial charge in [-0.2, -0.15) is 5.10 Å². The smallest absolute Gasteiger partial charge is 0.410 e. The van der Waals surface area contributed by atoms with Gasteiger partial charge in [0.1, 0.15) is 11.2 Å². The largest absolute Gasteiger partial charge is 0.481 e. The van der Waals surface area contributed by atoms with Crippen LogP contribution in [0, 0.1) is 0 Å². The van der Waals surface area contributed by atoms with E-state index in [2.05, 4.69) is 15.3 Å². The van der Waals surface area contributed by atoms with E-state index in [4.69, 9.17) is 14.6 Å². The minimum Gasteiger partial charge on any atom is -0.481 e. The zero-order valence-corrected chi connectivity index (χ0v) is 21.8. The van der Waals surface area contributed by atoms with Crippen LogP contribution in [0.4, 0.5) is 10.5 Å². The molecule has 0 bridgehead atoms. The van der Waals surface area contributed by atoms with Gasteiger partial charge in [-0.1, -0.05) is 6.07 Å². The number of pyridine rings is 1. The van der Waals surface area contributed by atoms with Crippen molar-refractivity contribution in [1.29, 1.82) is 0 Å². The fourth-order valence-corrected chi connectivity index (χ4v) is 4.72. The molecular formula is C27H30N6O5. The highest BCUT2D eigenvalue weighted by Gasteiger charge is 2.29. The van der Waals surface area contributed by atoms with Crippen molar-refractivity contribution in [3.05, 3.63) is 64.2 Å². The van der Waals surface area contributed by atoms with Gasteiger partial charge in [-0.25, -0.2) is 14.3 Å². The molecule has 0 aliphatic carbocycles. The number of aromatic amines is 1. The maximum Gasteiger partial charge on any atom is 0.410 e. The number of methoxy groups -OCH3 is 1. The summed E-state index contributed by atoms with van der Waals surface area (Å²) >= 11 is 0. The average Bonchev–Trinajstić information content (AvgIpc) is 3.26. The molecule has 5 rings (SSSR count). The van der Waals surface area contributed by atoms with Gasteiger partial charge >= 0.3 is 6.09 Å². The van der Waals surface area contributed by atoms with Crippen LogP contribution in [0.15, 0.2) is 47.4 Å². The summed E-state index contributed by atoms with van der Waals surface area (Å²) in [5.74, 6) is 0.0132. The summed E-state index contributed by atoms with van der Waals surface area (Å²) in [7, 11) is 1.49. The van der Waals surface area contributed by atoms with Gasteiger partial charge in [0.05, 0.1) is 29.4 Å². The van der Waals surface area contributed by atoms with Crippen molar-refractivity contribution < 1.29 is 19.1 Å². The van der Waals surface area contributed by atoms with E-state index in [1.54, 1.807) is 39.7 Å². The number of nitrogens with one attached hydrogen (secondary N) is 2. The van der Waals surface area contributed by atoms with Gasteiger partial charge in [0.15, 0.2) is 0 Å². The normalized spacial score (nSPS) is 14.6. The summed E-state index contributed by atoms with van der Waals surface area (Å²) in [5, 5.41) is 8.32. The number of carbonyl (C=O) groups excluding carboxylic acids is 2. The zero-order chi connectivity index (χ0) is 27.0. The third kappa shape index (κ3) is 5.04. The topological polar surface area (TPSA) is 131 Å². The third-order valence-corrected chi connectivity index (χ3v) is 6.48. The predicted molar refractivity (Wildman–Crippen MR) is 142 cm³/mol. The van der Waals surface area contributed by atoms with Gasteiger partial charge in [-0.15, -0.1) is 0 Å². The van der Waals surface area contributed by atoms with Gasteiger partial charge in [-0.05, 0) is 51.8 Å². The van der Waals surface area contributed by atoms with Crippen molar-refractivity contribution in [2.45, 2.75) is 45.1 Å². The molecule has 4 aromatic rings.